The Bertz CT molecular complexity index is 1170. The minimum Gasteiger partial charge on any atom is -0.497 e. The number of thiazole rings is 1. The molecular formula is C23H28ClN5O3S. The first-order valence-corrected chi connectivity index (χ1v) is 12.2. The van der Waals surface area contributed by atoms with Gasteiger partial charge >= 0.3 is 0 Å². The molecule has 1 saturated heterocycles. The lowest BCUT2D eigenvalue weighted by Gasteiger charge is -2.22. The molecule has 0 amide bonds. The Labute approximate surface area is 202 Å². The van der Waals surface area contributed by atoms with Gasteiger partial charge in [-0.25, -0.2) is 9.97 Å². The van der Waals surface area contributed by atoms with Gasteiger partial charge in [0, 0.05) is 43.9 Å². The van der Waals surface area contributed by atoms with E-state index in [4.69, 9.17) is 26.1 Å². The van der Waals surface area contributed by atoms with E-state index in [-0.39, 0.29) is 17.7 Å². The highest BCUT2D eigenvalue weighted by Gasteiger charge is 2.35. The Morgan fingerprint density at radius 2 is 2.12 bits per heavy atom. The zero-order valence-electron chi connectivity index (χ0n) is 19.2. The number of benzene rings is 1. The van der Waals surface area contributed by atoms with Gasteiger partial charge in [-0.2, -0.15) is 0 Å². The summed E-state index contributed by atoms with van der Waals surface area (Å²) in [5.41, 5.74) is 1.74. The summed E-state index contributed by atoms with van der Waals surface area (Å²) in [5.74, 6) is 1.17. The normalized spacial score (nSPS) is 18.0. The minimum atomic E-state index is -0.147. The van der Waals surface area contributed by atoms with Gasteiger partial charge in [-0.05, 0) is 31.5 Å². The van der Waals surface area contributed by atoms with E-state index in [0.29, 0.717) is 59.7 Å². The molecule has 2 atom stereocenters. The van der Waals surface area contributed by atoms with Crippen LogP contribution in [-0.4, -0.2) is 53.5 Å². The summed E-state index contributed by atoms with van der Waals surface area (Å²) in [7, 11) is 3.30. The maximum absolute atomic E-state index is 13.5. The van der Waals surface area contributed by atoms with Crippen LogP contribution in [0.25, 0.3) is 11.4 Å². The zero-order valence-corrected chi connectivity index (χ0v) is 20.7. The van der Waals surface area contributed by atoms with Gasteiger partial charge in [-0.15, -0.1) is 11.3 Å². The van der Waals surface area contributed by atoms with Crippen molar-refractivity contribution >= 4 is 33.8 Å². The summed E-state index contributed by atoms with van der Waals surface area (Å²) in [5, 5.41) is 6.86. The van der Waals surface area contributed by atoms with E-state index in [9.17, 15) is 4.79 Å². The smallest absolute Gasteiger partial charge is 0.277 e. The fourth-order valence-corrected chi connectivity index (χ4v) is 5.02. The monoisotopic (exact) mass is 489 g/mol. The summed E-state index contributed by atoms with van der Waals surface area (Å²) >= 11 is 8.08. The van der Waals surface area contributed by atoms with E-state index in [0.717, 1.165) is 5.13 Å². The van der Waals surface area contributed by atoms with Gasteiger partial charge in [-0.1, -0.05) is 18.5 Å². The van der Waals surface area contributed by atoms with Gasteiger partial charge in [0.25, 0.3) is 5.56 Å². The maximum Gasteiger partial charge on any atom is 0.277 e. The third-order valence-electron chi connectivity index (χ3n) is 5.78. The van der Waals surface area contributed by atoms with E-state index in [1.165, 1.54) is 0 Å². The first-order valence-electron chi connectivity index (χ1n) is 10.9. The highest BCUT2D eigenvalue weighted by atomic mass is 35.5. The predicted octanol–water partition coefficient (Wildman–Crippen LogP) is 3.83. The van der Waals surface area contributed by atoms with Crippen molar-refractivity contribution in [1.82, 2.24) is 14.5 Å². The van der Waals surface area contributed by atoms with Crippen molar-refractivity contribution in [2.75, 3.05) is 37.0 Å². The summed E-state index contributed by atoms with van der Waals surface area (Å²) in [6.45, 7) is 5.97. The SMILES string of the molecule is CCO[C@H]1CN(c2nccs2)C[C@H]1Nc1c(CC)nc(-c2ccc(OC)cc2Cl)n(C)c1=O. The van der Waals surface area contributed by atoms with Gasteiger partial charge < -0.3 is 19.7 Å². The summed E-state index contributed by atoms with van der Waals surface area (Å²) in [6.07, 6.45) is 2.33. The van der Waals surface area contributed by atoms with Crippen molar-refractivity contribution in [1.29, 1.82) is 0 Å². The van der Waals surface area contributed by atoms with Crippen LogP contribution in [0.2, 0.25) is 5.02 Å². The Hall–Kier alpha value is -2.62. The first-order chi connectivity index (χ1) is 16.0. The fraction of sp³-hybridized carbons (Fsp3) is 0.435. The molecule has 0 spiro atoms. The minimum absolute atomic E-state index is 0.0657. The summed E-state index contributed by atoms with van der Waals surface area (Å²) in [4.78, 5) is 24.9. The topological polar surface area (TPSA) is 81.5 Å². The largest absolute Gasteiger partial charge is 0.497 e. The van der Waals surface area contributed by atoms with Crippen molar-refractivity contribution in [2.45, 2.75) is 32.4 Å². The van der Waals surface area contributed by atoms with Crippen LogP contribution in [0.3, 0.4) is 0 Å². The molecule has 0 radical (unpaired) electrons. The Morgan fingerprint density at radius 1 is 1.30 bits per heavy atom. The van der Waals surface area contributed by atoms with Crippen LogP contribution in [0.15, 0.2) is 34.6 Å². The average molecular weight is 490 g/mol. The molecule has 33 heavy (non-hydrogen) atoms. The van der Waals surface area contributed by atoms with E-state index >= 15 is 0 Å². The second-order valence-electron chi connectivity index (χ2n) is 7.78. The second kappa shape index (κ2) is 10.1. The van der Waals surface area contributed by atoms with Gasteiger partial charge in [0.15, 0.2) is 5.13 Å². The molecule has 1 fully saturated rings. The van der Waals surface area contributed by atoms with Crippen LogP contribution in [0.1, 0.15) is 19.5 Å². The number of rotatable bonds is 8. The van der Waals surface area contributed by atoms with E-state index in [1.54, 1.807) is 42.3 Å². The molecular weight excluding hydrogens is 462 g/mol. The Kier molecular flexibility index (Phi) is 7.21. The average Bonchev–Trinajstić information content (AvgIpc) is 3.48. The number of aromatic nitrogens is 3. The number of anilines is 2. The molecule has 3 aromatic rings. The number of ether oxygens (including phenoxy) is 2. The van der Waals surface area contributed by atoms with Gasteiger partial charge in [-0.3, -0.25) is 9.36 Å². The van der Waals surface area contributed by atoms with Gasteiger partial charge in [0.05, 0.1) is 30.0 Å². The Morgan fingerprint density at radius 3 is 2.76 bits per heavy atom. The molecule has 0 aliphatic carbocycles. The molecule has 10 heteroatoms. The van der Waals surface area contributed by atoms with Crippen molar-refractivity contribution in [3.05, 3.63) is 50.8 Å². The van der Waals surface area contributed by atoms with Crippen molar-refractivity contribution in [2.24, 2.45) is 7.05 Å². The number of hydrogen-bond acceptors (Lipinski definition) is 8. The highest BCUT2D eigenvalue weighted by molar-refractivity contribution is 7.13. The molecule has 1 aromatic carbocycles. The summed E-state index contributed by atoms with van der Waals surface area (Å²) < 4.78 is 12.8. The lowest BCUT2D eigenvalue weighted by Crippen LogP contribution is -2.38. The van der Waals surface area contributed by atoms with Crippen LogP contribution < -0.4 is 20.5 Å². The number of nitrogens with one attached hydrogen (secondary N) is 1. The van der Waals surface area contributed by atoms with Gasteiger partial charge in [0.2, 0.25) is 0 Å². The Balaban J connectivity index is 1.68. The molecule has 1 aliphatic heterocycles. The molecule has 1 N–H and O–H groups in total. The third-order valence-corrected chi connectivity index (χ3v) is 6.93. The van der Waals surface area contributed by atoms with Gasteiger partial charge in [0.1, 0.15) is 17.3 Å². The van der Waals surface area contributed by atoms with Crippen molar-refractivity contribution in [3.8, 4) is 17.1 Å². The number of hydrogen-bond donors (Lipinski definition) is 1. The molecule has 8 nitrogen and oxygen atoms in total. The quantitative estimate of drug-likeness (QED) is 0.515. The molecule has 0 saturated carbocycles. The molecule has 2 aromatic heterocycles. The standard InChI is InChI=1S/C23H28ClN5O3S/c1-5-17-20(26-18-12-29(13-19(18)32-6-2)23-25-9-10-33-23)22(30)28(3)21(27-17)15-8-7-14(31-4)11-16(15)24/h7-11,18-19,26H,5-6,12-13H2,1-4H3/t18-,19+/m1/s1. The molecule has 176 valence electrons. The number of halogens is 1. The van der Waals surface area contributed by atoms with Crippen LogP contribution in [0.5, 0.6) is 5.75 Å². The number of methoxy groups -OCH3 is 1. The van der Waals surface area contributed by atoms with Crippen LogP contribution in [0.4, 0.5) is 10.8 Å². The molecule has 0 unspecified atom stereocenters. The third kappa shape index (κ3) is 4.71. The number of aryl methyl sites for hydroxylation is 1. The maximum atomic E-state index is 13.5. The van der Waals surface area contributed by atoms with Crippen LogP contribution in [0, 0.1) is 0 Å². The van der Waals surface area contributed by atoms with E-state index in [2.05, 4.69) is 15.2 Å². The lowest BCUT2D eigenvalue weighted by molar-refractivity contribution is 0.0720. The highest BCUT2D eigenvalue weighted by Crippen LogP contribution is 2.31. The molecule has 1 aliphatic rings. The van der Waals surface area contributed by atoms with E-state index in [1.807, 2.05) is 31.4 Å². The molecule has 3 heterocycles. The molecule has 0 bridgehead atoms. The second-order valence-corrected chi connectivity index (χ2v) is 9.07. The predicted molar refractivity (Wildman–Crippen MR) is 133 cm³/mol. The summed E-state index contributed by atoms with van der Waals surface area (Å²) in [6, 6.07) is 5.29. The number of nitrogens with zero attached hydrogens (tertiary/aromatic N) is 4. The van der Waals surface area contributed by atoms with Crippen molar-refractivity contribution in [3.63, 3.8) is 0 Å². The first kappa shape index (κ1) is 23.5. The zero-order chi connectivity index (χ0) is 23.5. The lowest BCUT2D eigenvalue weighted by atomic mass is 10.1. The van der Waals surface area contributed by atoms with E-state index < -0.39 is 0 Å². The van der Waals surface area contributed by atoms with Crippen molar-refractivity contribution < 1.29 is 9.47 Å². The molecule has 4 rings (SSSR count). The van der Waals surface area contributed by atoms with Crippen LogP contribution >= 0.6 is 22.9 Å². The van der Waals surface area contributed by atoms with Crippen LogP contribution in [-0.2, 0) is 18.2 Å². The fourth-order valence-electron chi connectivity index (χ4n) is 4.10.